The van der Waals surface area contributed by atoms with Crippen molar-refractivity contribution in [2.45, 2.75) is 56.2 Å². The van der Waals surface area contributed by atoms with E-state index in [1.54, 1.807) is 17.8 Å². The summed E-state index contributed by atoms with van der Waals surface area (Å²) in [6, 6.07) is 4.57. The Balaban J connectivity index is 0.00000225. The van der Waals surface area contributed by atoms with Crippen molar-refractivity contribution in [2.24, 2.45) is 11.1 Å². The van der Waals surface area contributed by atoms with Crippen LogP contribution in [0.2, 0.25) is 0 Å². The second kappa shape index (κ2) is 7.43. The van der Waals surface area contributed by atoms with E-state index in [0.29, 0.717) is 13.0 Å². The summed E-state index contributed by atoms with van der Waals surface area (Å²) < 4.78 is 19.3. The van der Waals surface area contributed by atoms with Gasteiger partial charge in [-0.25, -0.2) is 4.39 Å². The number of amides is 1. The Morgan fingerprint density at radius 1 is 1.48 bits per heavy atom. The molecular weight excluding hydrogens is 363 g/mol. The third-order valence-electron chi connectivity index (χ3n) is 5.55. The average molecular weight is 389 g/mol. The zero-order chi connectivity index (χ0) is 17.5. The maximum absolute atomic E-state index is 13.6. The minimum Gasteiger partial charge on any atom is -0.378 e. The molecule has 1 heterocycles. The van der Waals surface area contributed by atoms with Gasteiger partial charge < -0.3 is 15.8 Å². The SMILES string of the molecule is CCOC1CC(N)(C(=O)NC2CCSc3ccc(F)cc32)C1(C)C.Cl. The number of halogens is 2. The van der Waals surface area contributed by atoms with Crippen molar-refractivity contribution in [3.05, 3.63) is 29.6 Å². The van der Waals surface area contributed by atoms with Crippen LogP contribution in [0.4, 0.5) is 4.39 Å². The number of thioether (sulfide) groups is 1. The molecule has 1 aliphatic carbocycles. The van der Waals surface area contributed by atoms with Gasteiger partial charge in [0.2, 0.25) is 5.91 Å². The Bertz CT molecular complexity index is 658. The van der Waals surface area contributed by atoms with E-state index >= 15 is 0 Å². The smallest absolute Gasteiger partial charge is 0.241 e. The van der Waals surface area contributed by atoms with Crippen molar-refractivity contribution in [1.82, 2.24) is 5.32 Å². The molecule has 0 bridgehead atoms. The molecule has 0 spiro atoms. The molecule has 1 amide bonds. The molecule has 1 aromatic carbocycles. The van der Waals surface area contributed by atoms with Gasteiger partial charge in [-0.15, -0.1) is 24.2 Å². The largest absolute Gasteiger partial charge is 0.378 e. The summed E-state index contributed by atoms with van der Waals surface area (Å²) in [5.41, 5.74) is 5.91. The summed E-state index contributed by atoms with van der Waals surface area (Å²) >= 11 is 1.69. The first-order valence-electron chi connectivity index (χ1n) is 8.43. The summed E-state index contributed by atoms with van der Waals surface area (Å²) in [6.07, 6.45) is 1.28. The van der Waals surface area contributed by atoms with E-state index in [4.69, 9.17) is 10.5 Å². The first-order valence-corrected chi connectivity index (χ1v) is 9.42. The predicted molar refractivity (Wildman–Crippen MR) is 101 cm³/mol. The van der Waals surface area contributed by atoms with Gasteiger partial charge in [0.1, 0.15) is 11.4 Å². The second-order valence-corrected chi connectivity index (χ2v) is 8.32. The van der Waals surface area contributed by atoms with E-state index in [9.17, 15) is 9.18 Å². The lowest BCUT2D eigenvalue weighted by atomic mass is 9.54. The molecule has 140 valence electrons. The number of nitrogens with one attached hydrogen (secondary N) is 1. The van der Waals surface area contributed by atoms with Crippen LogP contribution in [0.1, 0.15) is 45.2 Å². The summed E-state index contributed by atoms with van der Waals surface area (Å²) in [5, 5.41) is 3.06. The third-order valence-corrected chi connectivity index (χ3v) is 6.67. The van der Waals surface area contributed by atoms with Gasteiger partial charge >= 0.3 is 0 Å². The van der Waals surface area contributed by atoms with E-state index in [-0.39, 0.29) is 36.3 Å². The lowest BCUT2D eigenvalue weighted by Crippen LogP contribution is -2.75. The van der Waals surface area contributed by atoms with Gasteiger partial charge in [0.15, 0.2) is 0 Å². The molecule has 25 heavy (non-hydrogen) atoms. The second-order valence-electron chi connectivity index (χ2n) is 7.19. The molecule has 3 unspecified atom stereocenters. The number of hydrogen-bond donors (Lipinski definition) is 2. The molecule has 3 rings (SSSR count). The molecule has 3 atom stereocenters. The van der Waals surface area contributed by atoms with Crippen molar-refractivity contribution in [2.75, 3.05) is 12.4 Å². The number of rotatable bonds is 4. The van der Waals surface area contributed by atoms with Crippen LogP contribution in [0.15, 0.2) is 23.1 Å². The molecule has 1 aromatic rings. The zero-order valence-corrected chi connectivity index (χ0v) is 16.4. The van der Waals surface area contributed by atoms with E-state index in [1.807, 2.05) is 20.8 Å². The molecule has 3 N–H and O–H groups in total. The highest BCUT2D eigenvalue weighted by Crippen LogP contribution is 2.50. The van der Waals surface area contributed by atoms with Gasteiger partial charge in [0.25, 0.3) is 0 Å². The Hall–Kier alpha value is -0.820. The molecule has 1 fully saturated rings. The van der Waals surface area contributed by atoms with Crippen LogP contribution < -0.4 is 11.1 Å². The molecular formula is C18H26ClFN2O2S. The number of carbonyl (C=O) groups excluding carboxylic acids is 1. The highest BCUT2D eigenvalue weighted by molar-refractivity contribution is 7.99. The van der Waals surface area contributed by atoms with E-state index < -0.39 is 11.0 Å². The molecule has 0 saturated heterocycles. The third kappa shape index (κ3) is 3.42. The molecule has 1 saturated carbocycles. The minimum atomic E-state index is -0.953. The van der Waals surface area contributed by atoms with Gasteiger partial charge in [0, 0.05) is 29.1 Å². The average Bonchev–Trinajstić information content (AvgIpc) is 2.55. The predicted octanol–water partition coefficient (Wildman–Crippen LogP) is 3.43. The fourth-order valence-corrected chi connectivity index (χ4v) is 4.73. The van der Waals surface area contributed by atoms with Gasteiger partial charge in [-0.3, -0.25) is 4.79 Å². The fourth-order valence-electron chi connectivity index (χ4n) is 3.62. The standard InChI is InChI=1S/C18H25FN2O2S.ClH/c1-4-23-15-10-18(20,17(15,2)3)16(22)21-13-7-8-24-14-6-5-11(19)9-12(13)14;/h5-6,9,13,15H,4,7-8,10,20H2,1-3H3,(H,21,22);1H. The first kappa shape index (κ1) is 20.5. The maximum atomic E-state index is 13.6. The maximum Gasteiger partial charge on any atom is 0.241 e. The monoisotopic (exact) mass is 388 g/mol. The van der Waals surface area contributed by atoms with Crippen LogP contribution in [0, 0.1) is 11.2 Å². The lowest BCUT2D eigenvalue weighted by molar-refractivity contribution is -0.171. The van der Waals surface area contributed by atoms with Crippen LogP contribution in [0.25, 0.3) is 0 Å². The van der Waals surface area contributed by atoms with E-state index in [1.165, 1.54) is 12.1 Å². The van der Waals surface area contributed by atoms with Crippen molar-refractivity contribution < 1.29 is 13.9 Å². The quantitative estimate of drug-likeness (QED) is 0.829. The van der Waals surface area contributed by atoms with Crippen molar-refractivity contribution >= 4 is 30.1 Å². The van der Waals surface area contributed by atoms with Crippen LogP contribution in [0.5, 0.6) is 0 Å². The molecule has 1 aliphatic heterocycles. The summed E-state index contributed by atoms with van der Waals surface area (Å²) in [5.74, 6) is 0.445. The number of nitrogens with two attached hydrogens (primary N) is 1. The van der Waals surface area contributed by atoms with Gasteiger partial charge in [-0.2, -0.15) is 0 Å². The molecule has 7 heteroatoms. The number of carbonyl (C=O) groups is 1. The fraction of sp³-hybridized carbons (Fsp3) is 0.611. The highest BCUT2D eigenvalue weighted by atomic mass is 35.5. The minimum absolute atomic E-state index is 0. The summed E-state index contributed by atoms with van der Waals surface area (Å²) in [6.45, 7) is 6.50. The van der Waals surface area contributed by atoms with Crippen molar-refractivity contribution in [3.63, 3.8) is 0 Å². The number of fused-ring (bicyclic) bond motifs is 1. The Morgan fingerprint density at radius 3 is 2.84 bits per heavy atom. The Morgan fingerprint density at radius 2 is 2.20 bits per heavy atom. The molecule has 0 aromatic heterocycles. The van der Waals surface area contributed by atoms with Crippen LogP contribution >= 0.6 is 24.2 Å². The molecule has 2 aliphatic rings. The zero-order valence-electron chi connectivity index (χ0n) is 14.8. The van der Waals surface area contributed by atoms with Crippen LogP contribution in [0.3, 0.4) is 0 Å². The lowest BCUT2D eigenvalue weighted by Gasteiger charge is -2.57. The van der Waals surface area contributed by atoms with Crippen LogP contribution in [-0.4, -0.2) is 29.9 Å². The Kier molecular flexibility index (Phi) is 6.09. The van der Waals surface area contributed by atoms with Crippen molar-refractivity contribution in [1.29, 1.82) is 0 Å². The van der Waals surface area contributed by atoms with Gasteiger partial charge in [-0.1, -0.05) is 13.8 Å². The van der Waals surface area contributed by atoms with Gasteiger partial charge in [0.05, 0.1) is 12.1 Å². The number of benzene rings is 1. The summed E-state index contributed by atoms with van der Waals surface area (Å²) in [7, 11) is 0. The highest BCUT2D eigenvalue weighted by Gasteiger charge is 2.63. The molecule has 4 nitrogen and oxygen atoms in total. The number of hydrogen-bond acceptors (Lipinski definition) is 4. The normalized spacial score (nSPS) is 29.8. The van der Waals surface area contributed by atoms with E-state index in [2.05, 4.69) is 5.32 Å². The summed E-state index contributed by atoms with van der Waals surface area (Å²) in [4.78, 5) is 13.9. The first-order chi connectivity index (χ1) is 11.3. The Labute approximate surface area is 158 Å². The number of ether oxygens (including phenoxy) is 1. The van der Waals surface area contributed by atoms with E-state index in [0.717, 1.165) is 22.6 Å². The molecule has 0 radical (unpaired) electrons. The topological polar surface area (TPSA) is 64.3 Å². The van der Waals surface area contributed by atoms with Crippen molar-refractivity contribution in [3.8, 4) is 0 Å². The van der Waals surface area contributed by atoms with Crippen LogP contribution in [-0.2, 0) is 9.53 Å². The van der Waals surface area contributed by atoms with Gasteiger partial charge in [-0.05, 0) is 37.1 Å².